The third-order valence-electron chi connectivity index (χ3n) is 4.65. The van der Waals surface area contributed by atoms with Gasteiger partial charge in [0.05, 0.1) is 5.69 Å². The topological polar surface area (TPSA) is 40.6 Å². The van der Waals surface area contributed by atoms with Gasteiger partial charge in [-0.1, -0.05) is 66.4 Å². The Bertz CT molecular complexity index is 1050. The van der Waals surface area contributed by atoms with Gasteiger partial charge in [-0.25, -0.2) is 4.90 Å². The summed E-state index contributed by atoms with van der Waals surface area (Å²) >= 11 is 1.33. The third kappa shape index (κ3) is 3.69. The van der Waals surface area contributed by atoms with Crippen LogP contribution in [0.4, 0.5) is 11.4 Å². The van der Waals surface area contributed by atoms with Crippen molar-refractivity contribution >= 4 is 35.0 Å². The standard InChI is InChI=1S/C24H20N2O2S/c1-2-25(18-12-6-3-7-13-18)21-22(29-20-16-10-5-11-17-20)24(28)26(23(21)27)19-14-8-4-9-15-19/h3-17H,2H2,1H3. The van der Waals surface area contributed by atoms with Crippen molar-refractivity contribution < 1.29 is 9.59 Å². The van der Waals surface area contributed by atoms with E-state index in [9.17, 15) is 9.59 Å². The average Bonchev–Trinajstić information content (AvgIpc) is 3.01. The van der Waals surface area contributed by atoms with E-state index in [1.165, 1.54) is 16.7 Å². The number of hydrogen-bond acceptors (Lipinski definition) is 4. The minimum absolute atomic E-state index is 0.292. The number of nitrogens with zero attached hydrogens (tertiary/aromatic N) is 2. The minimum atomic E-state index is -0.301. The van der Waals surface area contributed by atoms with Crippen LogP contribution in [0, 0.1) is 0 Å². The molecule has 0 saturated heterocycles. The van der Waals surface area contributed by atoms with Crippen molar-refractivity contribution in [3.05, 3.63) is 102 Å². The normalized spacial score (nSPS) is 13.9. The summed E-state index contributed by atoms with van der Waals surface area (Å²) in [6.45, 7) is 2.55. The van der Waals surface area contributed by atoms with E-state index in [1.807, 2.05) is 90.7 Å². The van der Waals surface area contributed by atoms with Crippen LogP contribution in [0.3, 0.4) is 0 Å². The van der Waals surface area contributed by atoms with Crippen LogP contribution >= 0.6 is 11.8 Å². The zero-order chi connectivity index (χ0) is 20.2. The van der Waals surface area contributed by atoms with Crippen LogP contribution < -0.4 is 9.80 Å². The molecule has 0 spiro atoms. The van der Waals surface area contributed by atoms with Gasteiger partial charge in [-0.3, -0.25) is 9.59 Å². The Labute approximate surface area is 174 Å². The smallest absolute Gasteiger partial charge is 0.283 e. The molecule has 1 heterocycles. The molecule has 2 amide bonds. The number of amides is 2. The molecule has 0 aliphatic carbocycles. The number of para-hydroxylation sites is 2. The maximum Gasteiger partial charge on any atom is 0.283 e. The first-order valence-electron chi connectivity index (χ1n) is 9.44. The Balaban J connectivity index is 1.83. The van der Waals surface area contributed by atoms with Crippen molar-refractivity contribution in [1.82, 2.24) is 0 Å². The summed E-state index contributed by atoms with van der Waals surface area (Å²) < 4.78 is 0. The molecular formula is C24H20N2O2S. The van der Waals surface area contributed by atoms with E-state index in [1.54, 1.807) is 12.1 Å². The molecule has 0 fully saturated rings. The molecule has 4 rings (SSSR count). The van der Waals surface area contributed by atoms with E-state index in [0.29, 0.717) is 22.8 Å². The van der Waals surface area contributed by atoms with Gasteiger partial charge in [-0.05, 0) is 43.3 Å². The van der Waals surface area contributed by atoms with E-state index in [4.69, 9.17) is 0 Å². The number of thioether (sulfide) groups is 1. The third-order valence-corrected chi connectivity index (χ3v) is 5.73. The van der Waals surface area contributed by atoms with E-state index in [-0.39, 0.29) is 11.8 Å². The highest BCUT2D eigenvalue weighted by atomic mass is 32.2. The highest BCUT2D eigenvalue weighted by Gasteiger charge is 2.42. The highest BCUT2D eigenvalue weighted by molar-refractivity contribution is 8.04. The van der Waals surface area contributed by atoms with Crippen LogP contribution in [-0.4, -0.2) is 18.4 Å². The average molecular weight is 401 g/mol. The Kier molecular flexibility index (Phi) is 5.49. The Hall–Kier alpha value is -3.31. The molecule has 0 saturated carbocycles. The monoisotopic (exact) mass is 400 g/mol. The lowest BCUT2D eigenvalue weighted by Gasteiger charge is -2.24. The number of carbonyl (C=O) groups excluding carboxylic acids is 2. The van der Waals surface area contributed by atoms with Gasteiger partial charge in [-0.2, -0.15) is 0 Å². The van der Waals surface area contributed by atoms with E-state index in [2.05, 4.69) is 0 Å². The maximum absolute atomic E-state index is 13.5. The number of rotatable bonds is 6. The quantitative estimate of drug-likeness (QED) is 0.541. The lowest BCUT2D eigenvalue weighted by molar-refractivity contribution is -0.120. The molecule has 0 aromatic heterocycles. The van der Waals surface area contributed by atoms with Crippen LogP contribution in [0.15, 0.2) is 106 Å². The predicted octanol–water partition coefficient (Wildman–Crippen LogP) is 5.09. The summed E-state index contributed by atoms with van der Waals surface area (Å²) in [5.41, 5.74) is 1.88. The molecule has 0 unspecified atom stereocenters. The zero-order valence-electron chi connectivity index (χ0n) is 16.0. The molecule has 4 nitrogen and oxygen atoms in total. The highest BCUT2D eigenvalue weighted by Crippen LogP contribution is 2.39. The van der Waals surface area contributed by atoms with E-state index >= 15 is 0 Å². The van der Waals surface area contributed by atoms with Gasteiger partial charge in [0.25, 0.3) is 11.8 Å². The second-order valence-electron chi connectivity index (χ2n) is 6.45. The van der Waals surface area contributed by atoms with Gasteiger partial charge in [-0.15, -0.1) is 0 Å². The number of likely N-dealkylation sites (N-methyl/N-ethyl adjacent to an activating group) is 1. The van der Waals surface area contributed by atoms with Crippen molar-refractivity contribution in [3.8, 4) is 0 Å². The van der Waals surface area contributed by atoms with Gasteiger partial charge in [0.15, 0.2) is 0 Å². The fourth-order valence-corrected chi connectivity index (χ4v) is 4.33. The summed E-state index contributed by atoms with van der Waals surface area (Å²) in [6, 6.07) is 28.4. The van der Waals surface area contributed by atoms with Crippen LogP contribution in [0.2, 0.25) is 0 Å². The first-order chi connectivity index (χ1) is 14.2. The minimum Gasteiger partial charge on any atom is -0.336 e. The molecule has 1 aliphatic rings. The summed E-state index contributed by atoms with van der Waals surface area (Å²) in [5, 5.41) is 0. The molecule has 0 N–H and O–H groups in total. The number of imide groups is 1. The molecule has 0 radical (unpaired) electrons. The van der Waals surface area contributed by atoms with Crippen molar-refractivity contribution in [3.63, 3.8) is 0 Å². The number of carbonyl (C=O) groups is 2. The van der Waals surface area contributed by atoms with Crippen molar-refractivity contribution in [2.24, 2.45) is 0 Å². The molecule has 5 heteroatoms. The van der Waals surface area contributed by atoms with Crippen molar-refractivity contribution in [2.45, 2.75) is 11.8 Å². The summed E-state index contributed by atoms with van der Waals surface area (Å²) in [6.07, 6.45) is 0. The Morgan fingerprint density at radius 3 is 1.90 bits per heavy atom. The molecule has 144 valence electrons. The van der Waals surface area contributed by atoms with Gasteiger partial charge in [0.2, 0.25) is 0 Å². The maximum atomic E-state index is 13.5. The molecular weight excluding hydrogens is 380 g/mol. The summed E-state index contributed by atoms with van der Waals surface area (Å²) in [4.78, 5) is 31.4. The van der Waals surface area contributed by atoms with Crippen LogP contribution in [0.1, 0.15) is 6.92 Å². The summed E-state index contributed by atoms with van der Waals surface area (Å²) in [7, 11) is 0. The van der Waals surface area contributed by atoms with Crippen molar-refractivity contribution in [1.29, 1.82) is 0 Å². The Morgan fingerprint density at radius 1 is 0.759 bits per heavy atom. The largest absolute Gasteiger partial charge is 0.336 e. The Morgan fingerprint density at radius 2 is 1.31 bits per heavy atom. The number of anilines is 2. The molecule has 3 aromatic rings. The van der Waals surface area contributed by atoms with Gasteiger partial charge in [0.1, 0.15) is 10.6 Å². The second kappa shape index (κ2) is 8.37. The SMILES string of the molecule is CCN(C1=C(Sc2ccccc2)C(=O)N(c2ccccc2)C1=O)c1ccccc1. The molecule has 29 heavy (non-hydrogen) atoms. The molecule has 1 aliphatic heterocycles. The lowest BCUT2D eigenvalue weighted by atomic mass is 10.2. The van der Waals surface area contributed by atoms with Crippen LogP contribution in [-0.2, 0) is 9.59 Å². The number of benzene rings is 3. The number of hydrogen-bond donors (Lipinski definition) is 0. The molecule has 0 atom stereocenters. The predicted molar refractivity (Wildman–Crippen MR) is 118 cm³/mol. The fraction of sp³-hybridized carbons (Fsp3) is 0.0833. The second-order valence-corrected chi connectivity index (χ2v) is 7.54. The van der Waals surface area contributed by atoms with Gasteiger partial charge >= 0.3 is 0 Å². The molecule has 0 bridgehead atoms. The van der Waals surface area contributed by atoms with Crippen LogP contribution in [0.5, 0.6) is 0 Å². The van der Waals surface area contributed by atoms with Gasteiger partial charge < -0.3 is 4.90 Å². The fourth-order valence-electron chi connectivity index (χ4n) is 3.32. The van der Waals surface area contributed by atoms with Crippen LogP contribution in [0.25, 0.3) is 0 Å². The summed E-state index contributed by atoms with van der Waals surface area (Å²) in [5.74, 6) is -0.593. The van der Waals surface area contributed by atoms with Gasteiger partial charge in [0, 0.05) is 17.1 Å². The van der Waals surface area contributed by atoms with Crippen molar-refractivity contribution in [2.75, 3.05) is 16.3 Å². The zero-order valence-corrected chi connectivity index (χ0v) is 16.8. The first kappa shape index (κ1) is 19.0. The van der Waals surface area contributed by atoms with E-state index in [0.717, 1.165) is 10.6 Å². The van der Waals surface area contributed by atoms with E-state index < -0.39 is 0 Å². The molecule has 3 aromatic carbocycles. The first-order valence-corrected chi connectivity index (χ1v) is 10.3. The lowest BCUT2D eigenvalue weighted by Crippen LogP contribution is -2.35.